The largest absolute Gasteiger partial charge is 0.396 e. The highest BCUT2D eigenvalue weighted by molar-refractivity contribution is 8.55. The van der Waals surface area contributed by atoms with Crippen molar-refractivity contribution in [2.75, 3.05) is 25.6 Å². The number of hydrogen-bond acceptors (Lipinski definition) is 5. The van der Waals surface area contributed by atoms with Crippen LogP contribution >= 0.6 is 18.2 Å². The lowest BCUT2D eigenvalue weighted by molar-refractivity contribution is -0.0449. The summed E-state index contributed by atoms with van der Waals surface area (Å²) in [5.41, 5.74) is -0.401. The molecule has 0 atom stereocenters. The van der Waals surface area contributed by atoms with Crippen molar-refractivity contribution < 1.29 is 18.7 Å². The Morgan fingerprint density at radius 2 is 2.00 bits per heavy atom. The van der Waals surface area contributed by atoms with E-state index in [9.17, 15) is 9.67 Å². The maximum atomic E-state index is 11.9. The molecule has 0 spiro atoms. The first-order valence-corrected chi connectivity index (χ1v) is 8.26. The van der Waals surface area contributed by atoms with Crippen LogP contribution in [-0.2, 0) is 13.6 Å². The standard InChI is InChI=1S/C9H19O4PS/c1-4-15-14(11)12-6-9(5-10,7-13-14)8(2)3/h8,10H,4-7H2,1-3H3. The van der Waals surface area contributed by atoms with Gasteiger partial charge in [-0.2, -0.15) is 0 Å². The van der Waals surface area contributed by atoms with E-state index in [0.29, 0.717) is 19.0 Å². The first-order chi connectivity index (χ1) is 6.98. The second kappa shape index (κ2) is 5.19. The molecular weight excluding hydrogens is 235 g/mol. The molecule has 0 aromatic carbocycles. The SMILES string of the molecule is CCSP1(=O)OCC(CO)(C(C)C)CO1. The predicted molar refractivity (Wildman–Crippen MR) is 62.0 cm³/mol. The van der Waals surface area contributed by atoms with Gasteiger partial charge in [0.2, 0.25) is 0 Å². The zero-order chi connectivity index (χ0) is 11.5. The van der Waals surface area contributed by atoms with E-state index in [1.165, 1.54) is 11.4 Å². The van der Waals surface area contributed by atoms with E-state index < -0.39 is 12.2 Å². The summed E-state index contributed by atoms with van der Waals surface area (Å²) in [4.78, 5) is 0. The van der Waals surface area contributed by atoms with Crippen LogP contribution in [-0.4, -0.2) is 30.7 Å². The van der Waals surface area contributed by atoms with E-state index in [1.807, 2.05) is 20.8 Å². The molecule has 0 bridgehead atoms. The Hall–Kier alpha value is 0.460. The molecule has 0 amide bonds. The third kappa shape index (κ3) is 2.98. The van der Waals surface area contributed by atoms with Crippen molar-refractivity contribution in [3.8, 4) is 0 Å². The fourth-order valence-corrected chi connectivity index (χ4v) is 4.42. The summed E-state index contributed by atoms with van der Waals surface area (Å²) in [6.45, 7) is 3.60. The van der Waals surface area contributed by atoms with Gasteiger partial charge in [0.25, 0.3) is 0 Å². The third-order valence-electron chi connectivity index (χ3n) is 2.85. The Balaban J connectivity index is 2.64. The fraction of sp³-hybridized carbons (Fsp3) is 1.00. The summed E-state index contributed by atoms with van der Waals surface area (Å²) >= 11 is 1.21. The van der Waals surface area contributed by atoms with E-state index in [2.05, 4.69) is 0 Å². The van der Waals surface area contributed by atoms with Crippen LogP contribution in [0.4, 0.5) is 0 Å². The van der Waals surface area contributed by atoms with Gasteiger partial charge in [-0.25, -0.2) is 4.57 Å². The van der Waals surface area contributed by atoms with Crippen molar-refractivity contribution in [2.45, 2.75) is 20.8 Å². The smallest absolute Gasteiger partial charge is 0.389 e. The van der Waals surface area contributed by atoms with Crippen LogP contribution in [0.3, 0.4) is 0 Å². The molecule has 1 saturated heterocycles. The minimum absolute atomic E-state index is 0.00145. The highest BCUT2D eigenvalue weighted by Crippen LogP contribution is 2.64. The molecule has 6 heteroatoms. The van der Waals surface area contributed by atoms with Crippen molar-refractivity contribution in [3.05, 3.63) is 0 Å². The lowest BCUT2D eigenvalue weighted by Gasteiger charge is -2.40. The van der Waals surface area contributed by atoms with Crippen LogP contribution in [0.25, 0.3) is 0 Å². The van der Waals surface area contributed by atoms with Gasteiger partial charge in [-0.1, -0.05) is 20.8 Å². The quantitative estimate of drug-likeness (QED) is 0.781. The molecule has 1 fully saturated rings. The van der Waals surface area contributed by atoms with E-state index in [4.69, 9.17) is 9.05 Å². The number of aliphatic hydroxyl groups excluding tert-OH is 1. The van der Waals surface area contributed by atoms with E-state index in [1.54, 1.807) is 0 Å². The summed E-state index contributed by atoms with van der Waals surface area (Å²) in [7, 11) is 0. The normalized spacial score (nSPS) is 37.1. The molecule has 1 heterocycles. The monoisotopic (exact) mass is 254 g/mol. The van der Waals surface area contributed by atoms with Crippen molar-refractivity contribution in [3.63, 3.8) is 0 Å². The lowest BCUT2D eigenvalue weighted by atomic mass is 9.79. The zero-order valence-corrected chi connectivity index (χ0v) is 11.1. The second-order valence-electron chi connectivity index (χ2n) is 4.09. The van der Waals surface area contributed by atoms with Gasteiger partial charge in [-0.15, -0.1) is 0 Å². The molecule has 0 saturated carbocycles. The summed E-state index contributed by atoms with van der Waals surface area (Å²) in [5.74, 6) is 0.938. The van der Waals surface area contributed by atoms with E-state index >= 15 is 0 Å². The molecule has 15 heavy (non-hydrogen) atoms. The average molecular weight is 254 g/mol. The number of rotatable bonds is 4. The van der Waals surface area contributed by atoms with Crippen LogP contribution in [0.15, 0.2) is 0 Å². The van der Waals surface area contributed by atoms with Crippen LogP contribution in [0, 0.1) is 11.3 Å². The Morgan fingerprint density at radius 1 is 1.47 bits per heavy atom. The minimum atomic E-state index is -2.94. The molecule has 0 aromatic heterocycles. The Kier molecular flexibility index (Phi) is 4.68. The number of hydrogen-bond donors (Lipinski definition) is 1. The fourth-order valence-electron chi connectivity index (χ4n) is 1.33. The van der Waals surface area contributed by atoms with Gasteiger partial charge in [0, 0.05) is 11.2 Å². The zero-order valence-electron chi connectivity index (χ0n) is 9.43. The average Bonchev–Trinajstić information content (AvgIpc) is 2.19. The highest BCUT2D eigenvalue weighted by atomic mass is 32.7. The van der Waals surface area contributed by atoms with Gasteiger partial charge in [0.15, 0.2) is 0 Å². The van der Waals surface area contributed by atoms with Crippen molar-refractivity contribution in [1.29, 1.82) is 0 Å². The summed E-state index contributed by atoms with van der Waals surface area (Å²) < 4.78 is 22.5. The van der Waals surface area contributed by atoms with Gasteiger partial charge in [-0.3, -0.25) is 9.05 Å². The first kappa shape index (κ1) is 13.5. The topological polar surface area (TPSA) is 55.8 Å². The number of aliphatic hydroxyl groups is 1. The molecule has 4 nitrogen and oxygen atoms in total. The minimum Gasteiger partial charge on any atom is -0.396 e. The summed E-state index contributed by atoms with van der Waals surface area (Å²) in [5, 5.41) is 9.36. The molecule has 90 valence electrons. The molecule has 0 unspecified atom stereocenters. The van der Waals surface area contributed by atoms with Gasteiger partial charge >= 0.3 is 6.80 Å². The molecule has 1 aliphatic rings. The van der Waals surface area contributed by atoms with Gasteiger partial charge in [0.05, 0.1) is 19.8 Å². The van der Waals surface area contributed by atoms with Crippen LogP contribution < -0.4 is 0 Å². The van der Waals surface area contributed by atoms with Crippen LogP contribution in [0.1, 0.15) is 20.8 Å². The van der Waals surface area contributed by atoms with E-state index in [0.717, 1.165) is 0 Å². The molecule has 0 aliphatic carbocycles. The molecule has 0 radical (unpaired) electrons. The second-order valence-corrected chi connectivity index (χ2v) is 8.45. The maximum Gasteiger partial charge on any atom is 0.389 e. The van der Waals surface area contributed by atoms with E-state index in [-0.39, 0.29) is 12.5 Å². The Bertz CT molecular complexity index is 244. The molecular formula is C9H19O4PS. The van der Waals surface area contributed by atoms with Gasteiger partial charge in [0.1, 0.15) is 0 Å². The Morgan fingerprint density at radius 3 is 2.33 bits per heavy atom. The molecule has 1 rings (SSSR count). The van der Waals surface area contributed by atoms with Gasteiger partial charge in [-0.05, 0) is 17.3 Å². The van der Waals surface area contributed by atoms with Crippen LogP contribution in [0.5, 0.6) is 0 Å². The lowest BCUT2D eigenvalue weighted by Crippen LogP contribution is -2.42. The van der Waals surface area contributed by atoms with Crippen molar-refractivity contribution in [2.24, 2.45) is 11.3 Å². The molecule has 0 aromatic rings. The van der Waals surface area contributed by atoms with Crippen molar-refractivity contribution >= 4 is 18.2 Å². The maximum absolute atomic E-state index is 11.9. The van der Waals surface area contributed by atoms with Crippen LogP contribution in [0.2, 0.25) is 0 Å². The first-order valence-electron chi connectivity index (χ1n) is 5.12. The third-order valence-corrected chi connectivity index (χ3v) is 6.67. The Labute approximate surface area is 95.0 Å². The van der Waals surface area contributed by atoms with Gasteiger partial charge < -0.3 is 5.11 Å². The molecule has 1 N–H and O–H groups in total. The molecule has 1 aliphatic heterocycles. The summed E-state index contributed by atoms with van der Waals surface area (Å²) in [6, 6.07) is 0. The van der Waals surface area contributed by atoms with Crippen molar-refractivity contribution in [1.82, 2.24) is 0 Å². The highest BCUT2D eigenvalue weighted by Gasteiger charge is 2.44. The predicted octanol–water partition coefficient (Wildman–Crippen LogP) is 2.53. The summed E-state index contributed by atoms with van der Waals surface area (Å²) in [6.07, 6.45) is 0.